The molecule has 1 aromatic rings. The minimum absolute atomic E-state index is 0. The van der Waals surface area contributed by atoms with Crippen LogP contribution in [0.3, 0.4) is 0 Å². The van der Waals surface area contributed by atoms with Crippen LogP contribution in [-0.2, 0) is 17.8 Å². The summed E-state index contributed by atoms with van der Waals surface area (Å²) in [7, 11) is 0. The summed E-state index contributed by atoms with van der Waals surface area (Å²) in [6.07, 6.45) is 5.75. The van der Waals surface area contributed by atoms with Crippen molar-refractivity contribution >= 4 is 5.91 Å². The van der Waals surface area contributed by atoms with Gasteiger partial charge in [0.05, 0.1) is 5.69 Å². The first-order valence-corrected chi connectivity index (χ1v) is 7.65. The Labute approximate surface area is 173 Å². The normalized spacial score (nSPS) is 8.48. The number of carbonyl (C=O) groups excluding carboxylic acids is 1. The van der Waals surface area contributed by atoms with Crippen LogP contribution in [0.25, 0.3) is 0 Å². The number of amides is 1. The van der Waals surface area contributed by atoms with E-state index in [1.165, 1.54) is 6.92 Å². The topological polar surface area (TPSA) is 59.8 Å². The van der Waals surface area contributed by atoms with Gasteiger partial charge in [-0.2, -0.15) is 6.42 Å². The van der Waals surface area contributed by atoms with Crippen molar-refractivity contribution in [3.05, 3.63) is 18.8 Å². The molecule has 1 heterocycles. The molecular weight excluding hydrogens is 291 g/mol. The van der Waals surface area contributed by atoms with Gasteiger partial charge < -0.3 is 12.2 Å². The second kappa shape index (κ2) is 20.2. The monoisotopic (exact) mass is 322 g/mol. The number of unbranched alkanes of at least 4 members (excludes halogenated alkanes) is 1. The van der Waals surface area contributed by atoms with E-state index >= 15 is 0 Å². The van der Waals surface area contributed by atoms with Crippen molar-refractivity contribution in [2.75, 3.05) is 6.54 Å². The molecule has 0 aliphatic rings. The number of nitrogens with one attached hydrogen (secondary N) is 1. The van der Waals surface area contributed by atoms with Crippen LogP contribution in [-0.4, -0.2) is 27.4 Å². The average Bonchev–Trinajstić information content (AvgIpc) is 2.93. The van der Waals surface area contributed by atoms with Crippen LogP contribution in [0.15, 0.2) is 6.20 Å². The fourth-order valence-corrected chi connectivity index (χ4v) is 1.37. The molecule has 0 radical (unpaired) electrons. The van der Waals surface area contributed by atoms with E-state index < -0.39 is 0 Å². The minimum Gasteiger partial charge on any atom is -0.356 e. The maximum atomic E-state index is 10.6. The van der Waals surface area contributed by atoms with Gasteiger partial charge in [-0.15, -0.1) is 5.10 Å². The second-order valence-corrected chi connectivity index (χ2v) is 3.77. The summed E-state index contributed by atoms with van der Waals surface area (Å²) in [5, 5.41) is 10.8. The third-order valence-electron chi connectivity index (χ3n) is 2.21. The summed E-state index contributed by atoms with van der Waals surface area (Å²) in [6.45, 7) is 14.8. The number of carbonyl (C=O) groups is 1. The van der Waals surface area contributed by atoms with Crippen LogP contribution in [0.5, 0.6) is 0 Å². The predicted molar refractivity (Wildman–Crippen MR) is 84.3 cm³/mol. The molecule has 1 amide bonds. The Bertz CT molecular complexity index is 329. The fourth-order valence-electron chi connectivity index (χ4n) is 1.37. The van der Waals surface area contributed by atoms with E-state index in [0.717, 1.165) is 37.9 Å². The van der Waals surface area contributed by atoms with Crippen LogP contribution in [0.4, 0.5) is 0 Å². The SMILES string of the molecule is CC.CC.[CH2-]CCCc1cn(CCCNC(C)=O)nn1.[K+]. The fraction of sp³-hybridized carbons (Fsp3) is 0.733. The minimum atomic E-state index is 0. The number of rotatable bonds is 7. The Balaban J connectivity index is -0.000000595. The van der Waals surface area contributed by atoms with Gasteiger partial charge >= 0.3 is 51.4 Å². The zero-order chi connectivity index (χ0) is 15.8. The van der Waals surface area contributed by atoms with E-state index in [1.54, 1.807) is 0 Å². The van der Waals surface area contributed by atoms with Gasteiger partial charge in [-0.05, 0) is 12.8 Å². The van der Waals surface area contributed by atoms with Gasteiger partial charge in [-0.25, -0.2) is 0 Å². The van der Waals surface area contributed by atoms with Gasteiger partial charge in [0.1, 0.15) is 0 Å². The Hall–Kier alpha value is 0.246. The maximum Gasteiger partial charge on any atom is 1.00 e. The molecule has 0 unspecified atom stereocenters. The van der Waals surface area contributed by atoms with Crippen molar-refractivity contribution in [2.45, 2.75) is 66.8 Å². The van der Waals surface area contributed by atoms with Crippen LogP contribution in [0, 0.1) is 6.92 Å². The van der Waals surface area contributed by atoms with Crippen molar-refractivity contribution in [3.8, 4) is 0 Å². The molecule has 6 heteroatoms. The first kappa shape index (κ1) is 26.2. The van der Waals surface area contributed by atoms with Gasteiger partial charge in [0, 0.05) is 26.2 Å². The van der Waals surface area contributed by atoms with Crippen molar-refractivity contribution in [2.24, 2.45) is 0 Å². The summed E-state index contributed by atoms with van der Waals surface area (Å²) in [6, 6.07) is 0. The van der Waals surface area contributed by atoms with Gasteiger partial charge in [-0.1, -0.05) is 39.3 Å². The number of hydrogen-bond acceptors (Lipinski definition) is 3. The Kier molecular flexibility index (Phi) is 25.2. The maximum absolute atomic E-state index is 10.6. The van der Waals surface area contributed by atoms with E-state index in [4.69, 9.17) is 0 Å². The molecule has 0 spiro atoms. The second-order valence-electron chi connectivity index (χ2n) is 3.77. The third kappa shape index (κ3) is 16.4. The summed E-state index contributed by atoms with van der Waals surface area (Å²) in [5.74, 6) is 0.00900. The van der Waals surface area contributed by atoms with E-state index in [1.807, 2.05) is 38.6 Å². The number of aromatic nitrogens is 3. The predicted octanol–water partition coefficient (Wildman–Crippen LogP) is 0.0175. The average molecular weight is 323 g/mol. The standard InChI is InChI=1S/C11H19N4O.2C2H6.K/c1-3-4-6-11-9-15(14-13-11)8-5-7-12-10(2)16;2*1-2;/h9H,1,3-8H2,2H3,(H,12,16);2*1-2H3;/q-1;;;+1. The molecular formula is C15H31KN4O. The molecule has 0 fully saturated rings. The molecule has 0 aliphatic heterocycles. The largest absolute Gasteiger partial charge is 1.00 e. The third-order valence-corrected chi connectivity index (χ3v) is 2.21. The smallest absolute Gasteiger partial charge is 0.356 e. The Morgan fingerprint density at radius 3 is 2.43 bits per heavy atom. The quantitative estimate of drug-likeness (QED) is 0.437. The molecule has 21 heavy (non-hydrogen) atoms. The molecule has 1 rings (SSSR count). The summed E-state index contributed by atoms with van der Waals surface area (Å²) < 4.78 is 1.82. The molecule has 0 atom stereocenters. The molecule has 0 saturated heterocycles. The summed E-state index contributed by atoms with van der Waals surface area (Å²) in [4.78, 5) is 10.6. The summed E-state index contributed by atoms with van der Waals surface area (Å²) >= 11 is 0. The Morgan fingerprint density at radius 1 is 1.29 bits per heavy atom. The first-order chi connectivity index (χ1) is 9.72. The zero-order valence-corrected chi connectivity index (χ0v) is 17.9. The van der Waals surface area contributed by atoms with Crippen LogP contribution in [0.1, 0.15) is 59.6 Å². The van der Waals surface area contributed by atoms with Crippen LogP contribution in [0.2, 0.25) is 0 Å². The molecule has 1 N–H and O–H groups in total. The van der Waals surface area contributed by atoms with E-state index in [2.05, 4.69) is 22.6 Å². The van der Waals surface area contributed by atoms with Crippen molar-refractivity contribution < 1.29 is 56.2 Å². The molecule has 0 saturated carbocycles. The number of nitrogens with zero attached hydrogens (tertiary/aromatic N) is 3. The van der Waals surface area contributed by atoms with Gasteiger partial charge in [-0.3, -0.25) is 9.48 Å². The Morgan fingerprint density at radius 2 is 1.90 bits per heavy atom. The molecule has 118 valence electrons. The van der Waals surface area contributed by atoms with E-state index in [0.29, 0.717) is 6.54 Å². The molecule has 0 aromatic carbocycles. The van der Waals surface area contributed by atoms with E-state index in [9.17, 15) is 4.79 Å². The molecule has 0 bridgehead atoms. The van der Waals surface area contributed by atoms with Crippen LogP contribution >= 0.6 is 0 Å². The zero-order valence-electron chi connectivity index (χ0n) is 14.8. The molecule has 1 aromatic heterocycles. The van der Waals surface area contributed by atoms with Crippen molar-refractivity contribution in [1.82, 2.24) is 20.3 Å². The summed E-state index contributed by atoms with van der Waals surface area (Å²) in [5.41, 5.74) is 1.02. The van der Waals surface area contributed by atoms with E-state index in [-0.39, 0.29) is 57.3 Å². The number of hydrogen-bond donors (Lipinski definition) is 1. The van der Waals surface area contributed by atoms with Crippen LogP contribution < -0.4 is 56.7 Å². The van der Waals surface area contributed by atoms with Gasteiger partial charge in [0.15, 0.2) is 0 Å². The van der Waals surface area contributed by atoms with Gasteiger partial charge in [0.25, 0.3) is 0 Å². The van der Waals surface area contributed by atoms with Crippen molar-refractivity contribution in [1.29, 1.82) is 0 Å². The molecule has 0 aliphatic carbocycles. The number of aryl methyl sites for hydroxylation is 2. The van der Waals surface area contributed by atoms with Crippen molar-refractivity contribution in [3.63, 3.8) is 0 Å². The first-order valence-electron chi connectivity index (χ1n) is 7.65. The van der Waals surface area contributed by atoms with Gasteiger partial charge in [0.2, 0.25) is 5.91 Å². The molecule has 5 nitrogen and oxygen atoms in total.